The molecule has 1 N–H and O–H groups in total. The zero-order chi connectivity index (χ0) is 20.2. The van der Waals surface area contributed by atoms with Gasteiger partial charge in [0, 0.05) is 17.3 Å². The van der Waals surface area contributed by atoms with Crippen LogP contribution in [0.3, 0.4) is 0 Å². The number of aromatic hydroxyl groups is 1. The molecular formula is C23H20N4O2. The van der Waals surface area contributed by atoms with Crippen LogP contribution in [0.2, 0.25) is 0 Å². The molecule has 144 valence electrons. The second-order valence-electron chi connectivity index (χ2n) is 6.55. The molecule has 0 spiro atoms. The first-order valence-electron chi connectivity index (χ1n) is 9.15. The van der Waals surface area contributed by atoms with Gasteiger partial charge in [0.05, 0.1) is 12.8 Å². The Bertz CT molecular complexity index is 1150. The molecule has 0 aliphatic rings. The first-order valence-corrected chi connectivity index (χ1v) is 9.15. The summed E-state index contributed by atoms with van der Waals surface area (Å²) in [4.78, 5) is 4.64. The van der Waals surface area contributed by atoms with Gasteiger partial charge >= 0.3 is 0 Å². The number of nitrogens with zero attached hydrogens (tertiary/aromatic N) is 4. The number of phenolic OH excluding ortho intramolecular Hbond substituents is 1. The Balaban J connectivity index is 1.83. The molecule has 0 unspecified atom stereocenters. The number of phenols is 1. The minimum atomic E-state index is 0.164. The molecule has 0 radical (unpaired) electrons. The molecule has 4 aromatic rings. The van der Waals surface area contributed by atoms with Gasteiger partial charge in [-0.1, -0.05) is 47.2 Å². The zero-order valence-corrected chi connectivity index (χ0v) is 16.1. The van der Waals surface area contributed by atoms with Gasteiger partial charge in [-0.15, -0.1) is 5.10 Å². The molecule has 6 nitrogen and oxygen atoms in total. The maximum atomic E-state index is 10.1. The van der Waals surface area contributed by atoms with Crippen molar-refractivity contribution in [2.75, 3.05) is 7.11 Å². The number of rotatable bonds is 5. The van der Waals surface area contributed by atoms with Gasteiger partial charge in [-0.3, -0.25) is 0 Å². The summed E-state index contributed by atoms with van der Waals surface area (Å²) in [6.07, 6.45) is 1.62. The van der Waals surface area contributed by atoms with Crippen molar-refractivity contribution < 1.29 is 9.84 Å². The van der Waals surface area contributed by atoms with Crippen LogP contribution in [0.15, 0.2) is 77.8 Å². The van der Waals surface area contributed by atoms with Crippen LogP contribution in [0.25, 0.3) is 16.9 Å². The Kier molecular flexibility index (Phi) is 5.07. The highest BCUT2D eigenvalue weighted by Crippen LogP contribution is 2.31. The Hall–Kier alpha value is -3.93. The van der Waals surface area contributed by atoms with Gasteiger partial charge in [0.25, 0.3) is 0 Å². The van der Waals surface area contributed by atoms with Crippen molar-refractivity contribution in [2.24, 2.45) is 4.99 Å². The summed E-state index contributed by atoms with van der Waals surface area (Å²) in [5.74, 6) is 1.49. The van der Waals surface area contributed by atoms with Gasteiger partial charge in [0.15, 0.2) is 5.82 Å². The van der Waals surface area contributed by atoms with Crippen molar-refractivity contribution in [2.45, 2.75) is 6.92 Å². The minimum absolute atomic E-state index is 0.164. The molecule has 0 saturated carbocycles. The van der Waals surface area contributed by atoms with Crippen LogP contribution >= 0.6 is 0 Å². The molecule has 0 bridgehead atoms. The van der Waals surface area contributed by atoms with Gasteiger partial charge in [-0.05, 0) is 43.3 Å². The van der Waals surface area contributed by atoms with Crippen molar-refractivity contribution in [3.05, 3.63) is 83.9 Å². The Morgan fingerprint density at radius 1 is 0.966 bits per heavy atom. The topological polar surface area (TPSA) is 72.5 Å². The van der Waals surface area contributed by atoms with E-state index in [4.69, 9.17) is 4.74 Å². The standard InChI is InChI=1S/C23H20N4O2/c1-16-7-9-17(10-8-16)22-23(24-15-18-5-3-4-6-21(18)28)27(26-25-22)19-11-13-20(29-2)14-12-19/h3-15,28H,1-2H3/b24-15+. The number of methoxy groups -OCH3 is 1. The molecule has 1 aromatic heterocycles. The maximum Gasteiger partial charge on any atom is 0.184 e. The lowest BCUT2D eigenvalue weighted by Crippen LogP contribution is -1.97. The Morgan fingerprint density at radius 2 is 1.69 bits per heavy atom. The second kappa shape index (κ2) is 7.98. The smallest absolute Gasteiger partial charge is 0.184 e. The molecular weight excluding hydrogens is 364 g/mol. The fraction of sp³-hybridized carbons (Fsp3) is 0.0870. The second-order valence-corrected chi connectivity index (χ2v) is 6.55. The van der Waals surface area contributed by atoms with Crippen LogP contribution in [0, 0.1) is 6.92 Å². The van der Waals surface area contributed by atoms with Gasteiger partial charge in [0.2, 0.25) is 0 Å². The van der Waals surface area contributed by atoms with Crippen LogP contribution in [0.1, 0.15) is 11.1 Å². The van der Waals surface area contributed by atoms with E-state index in [9.17, 15) is 5.11 Å². The van der Waals surface area contributed by atoms with E-state index in [0.717, 1.165) is 22.6 Å². The highest BCUT2D eigenvalue weighted by Gasteiger charge is 2.15. The van der Waals surface area contributed by atoms with E-state index < -0.39 is 0 Å². The number of benzene rings is 3. The largest absolute Gasteiger partial charge is 0.507 e. The van der Waals surface area contributed by atoms with Crippen molar-refractivity contribution in [1.29, 1.82) is 0 Å². The minimum Gasteiger partial charge on any atom is -0.507 e. The third-order valence-electron chi connectivity index (χ3n) is 4.55. The average Bonchev–Trinajstić information content (AvgIpc) is 3.17. The normalized spacial score (nSPS) is 11.1. The lowest BCUT2D eigenvalue weighted by Gasteiger charge is -2.06. The molecule has 0 aliphatic carbocycles. The summed E-state index contributed by atoms with van der Waals surface area (Å²) >= 11 is 0. The van der Waals surface area contributed by atoms with Crippen molar-refractivity contribution in [3.63, 3.8) is 0 Å². The summed E-state index contributed by atoms with van der Waals surface area (Å²) < 4.78 is 6.91. The predicted octanol–water partition coefficient (Wildman–Crippen LogP) is 4.71. The van der Waals surface area contributed by atoms with E-state index in [1.807, 2.05) is 61.5 Å². The van der Waals surface area contributed by atoms with E-state index in [0.29, 0.717) is 17.1 Å². The SMILES string of the molecule is COc1ccc(-n2nnc(-c3ccc(C)cc3)c2/N=C/c2ccccc2O)cc1. The van der Waals surface area contributed by atoms with Crippen molar-refractivity contribution in [3.8, 4) is 28.4 Å². The number of aliphatic imine (C=N–C) groups is 1. The fourth-order valence-corrected chi connectivity index (χ4v) is 2.92. The number of ether oxygens (including phenoxy) is 1. The van der Waals surface area contributed by atoms with Crippen LogP contribution in [-0.4, -0.2) is 33.4 Å². The molecule has 4 rings (SSSR count). The molecule has 6 heteroatoms. The molecule has 0 aliphatic heterocycles. The first kappa shape index (κ1) is 18.4. The summed E-state index contributed by atoms with van der Waals surface area (Å²) in [5, 5.41) is 18.8. The average molecular weight is 384 g/mol. The van der Waals surface area contributed by atoms with E-state index in [1.165, 1.54) is 0 Å². The molecule has 0 amide bonds. The number of para-hydroxylation sites is 1. The van der Waals surface area contributed by atoms with Gasteiger partial charge < -0.3 is 9.84 Å². The van der Waals surface area contributed by atoms with Gasteiger partial charge in [-0.25, -0.2) is 4.99 Å². The van der Waals surface area contributed by atoms with E-state index in [2.05, 4.69) is 15.3 Å². The van der Waals surface area contributed by atoms with Crippen molar-refractivity contribution >= 4 is 12.0 Å². The molecule has 0 saturated heterocycles. The van der Waals surface area contributed by atoms with Crippen LogP contribution in [0.5, 0.6) is 11.5 Å². The highest BCUT2D eigenvalue weighted by atomic mass is 16.5. The predicted molar refractivity (Wildman–Crippen MR) is 113 cm³/mol. The number of aromatic nitrogens is 3. The van der Waals surface area contributed by atoms with E-state index >= 15 is 0 Å². The van der Waals surface area contributed by atoms with Gasteiger partial charge in [-0.2, -0.15) is 4.68 Å². The number of hydrogen-bond acceptors (Lipinski definition) is 5. The number of hydrogen-bond donors (Lipinski definition) is 1. The zero-order valence-electron chi connectivity index (χ0n) is 16.1. The third-order valence-corrected chi connectivity index (χ3v) is 4.55. The summed E-state index contributed by atoms with van der Waals surface area (Å²) in [6, 6.07) is 22.6. The maximum absolute atomic E-state index is 10.1. The highest BCUT2D eigenvalue weighted by molar-refractivity contribution is 5.86. The van der Waals surface area contributed by atoms with Gasteiger partial charge in [0.1, 0.15) is 17.2 Å². The Morgan fingerprint density at radius 3 is 2.38 bits per heavy atom. The van der Waals surface area contributed by atoms with E-state index in [-0.39, 0.29) is 5.75 Å². The molecule has 29 heavy (non-hydrogen) atoms. The fourth-order valence-electron chi connectivity index (χ4n) is 2.92. The Labute approximate surface area is 168 Å². The summed E-state index contributed by atoms with van der Waals surface area (Å²) in [7, 11) is 1.63. The molecule has 0 atom stereocenters. The van der Waals surface area contributed by atoms with Crippen LogP contribution in [0.4, 0.5) is 5.82 Å². The third kappa shape index (κ3) is 3.87. The van der Waals surface area contributed by atoms with Crippen LogP contribution in [-0.2, 0) is 0 Å². The molecule has 3 aromatic carbocycles. The number of aryl methyl sites for hydroxylation is 1. The lowest BCUT2D eigenvalue weighted by atomic mass is 10.1. The summed E-state index contributed by atoms with van der Waals surface area (Å²) in [6.45, 7) is 2.04. The lowest BCUT2D eigenvalue weighted by molar-refractivity contribution is 0.414. The van der Waals surface area contributed by atoms with E-state index in [1.54, 1.807) is 36.2 Å². The quantitative estimate of drug-likeness (QED) is 0.506. The summed E-state index contributed by atoms with van der Waals surface area (Å²) in [5.41, 5.74) is 4.16. The monoisotopic (exact) mass is 384 g/mol. The van der Waals surface area contributed by atoms with Crippen molar-refractivity contribution in [1.82, 2.24) is 15.0 Å². The molecule has 0 fully saturated rings. The first-order chi connectivity index (χ1) is 14.2. The van der Waals surface area contributed by atoms with Crippen LogP contribution < -0.4 is 4.74 Å². The molecule has 1 heterocycles.